The summed E-state index contributed by atoms with van der Waals surface area (Å²) in [5, 5.41) is 13.8. The average Bonchev–Trinajstić information content (AvgIpc) is 3.13. The van der Waals surface area contributed by atoms with Crippen LogP contribution in [0.1, 0.15) is 43.6 Å². The fraction of sp³-hybridized carbons (Fsp3) is 0.217. The third-order valence-corrected chi connectivity index (χ3v) is 7.84. The highest BCUT2D eigenvalue weighted by atomic mass is 32.2. The number of benzene rings is 2. The van der Waals surface area contributed by atoms with Crippen LogP contribution in [0.3, 0.4) is 0 Å². The molecule has 3 aromatic rings. The number of ether oxygens (including phenoxy) is 1. The van der Waals surface area contributed by atoms with E-state index >= 15 is 0 Å². The lowest BCUT2D eigenvalue weighted by Gasteiger charge is -2.12. The second kappa shape index (κ2) is 10.7. The van der Waals surface area contributed by atoms with Gasteiger partial charge < -0.3 is 10.1 Å². The van der Waals surface area contributed by atoms with Crippen LogP contribution in [-0.2, 0) is 21.3 Å². The van der Waals surface area contributed by atoms with Crippen LogP contribution in [-0.4, -0.2) is 31.8 Å². The number of esters is 1. The molecule has 184 valence electrons. The quantitative estimate of drug-likeness (QED) is 0.246. The molecule has 2 aromatic carbocycles. The van der Waals surface area contributed by atoms with Crippen LogP contribution in [0, 0.1) is 24.0 Å². The maximum atomic E-state index is 13.2. The number of sulfonamides is 1. The Balaban J connectivity index is 2.02. The Morgan fingerprint density at radius 2 is 1.80 bits per heavy atom. The SMILES string of the molecule is CCOC(=O)c1sc(NS(=O)(=O)c2cc([N+](=O)[O-])ccc2C)c(C(=O)NCc2ccccc2)c1C. The predicted octanol–water partition coefficient (Wildman–Crippen LogP) is 4.18. The number of anilines is 1. The van der Waals surface area contributed by atoms with E-state index in [2.05, 4.69) is 10.0 Å². The Morgan fingerprint density at radius 3 is 2.43 bits per heavy atom. The molecule has 0 atom stereocenters. The summed E-state index contributed by atoms with van der Waals surface area (Å²) in [6.45, 7) is 4.93. The van der Waals surface area contributed by atoms with Crippen molar-refractivity contribution >= 4 is 43.9 Å². The van der Waals surface area contributed by atoms with Gasteiger partial charge in [-0.25, -0.2) is 13.2 Å². The average molecular weight is 518 g/mol. The van der Waals surface area contributed by atoms with Gasteiger partial charge in [-0.15, -0.1) is 11.3 Å². The standard InChI is InChI=1S/C23H23N3O7S2/c1-4-33-23(28)20-15(3)19(21(27)24-13-16-8-6-5-7-9-16)22(34-20)25-35(31,32)18-12-17(26(29)30)11-10-14(18)2/h5-12,25H,4,13H2,1-3H3,(H,24,27). The minimum Gasteiger partial charge on any atom is -0.462 e. The van der Waals surface area contributed by atoms with Crippen LogP contribution in [0.4, 0.5) is 10.7 Å². The van der Waals surface area contributed by atoms with E-state index in [1.54, 1.807) is 6.92 Å². The molecule has 1 heterocycles. The van der Waals surface area contributed by atoms with Gasteiger partial charge >= 0.3 is 5.97 Å². The highest BCUT2D eigenvalue weighted by molar-refractivity contribution is 7.93. The molecule has 1 aromatic heterocycles. The molecule has 0 bridgehead atoms. The van der Waals surface area contributed by atoms with Gasteiger partial charge in [0.15, 0.2) is 0 Å². The minimum absolute atomic E-state index is 0.0272. The molecule has 0 saturated carbocycles. The number of hydrogen-bond donors (Lipinski definition) is 2. The lowest BCUT2D eigenvalue weighted by molar-refractivity contribution is -0.385. The maximum Gasteiger partial charge on any atom is 0.348 e. The minimum atomic E-state index is -4.34. The van der Waals surface area contributed by atoms with Crippen molar-refractivity contribution in [2.75, 3.05) is 11.3 Å². The summed E-state index contributed by atoms with van der Waals surface area (Å²) < 4.78 is 33.8. The summed E-state index contributed by atoms with van der Waals surface area (Å²) in [5.41, 5.74) is 0.935. The number of carbonyl (C=O) groups is 2. The Labute approximate surface area is 206 Å². The number of rotatable bonds is 9. The molecular weight excluding hydrogens is 494 g/mol. The fourth-order valence-electron chi connectivity index (χ4n) is 3.29. The molecule has 0 unspecified atom stereocenters. The molecule has 2 N–H and O–H groups in total. The predicted molar refractivity (Wildman–Crippen MR) is 131 cm³/mol. The van der Waals surface area contributed by atoms with Crippen LogP contribution in [0.5, 0.6) is 0 Å². The number of nitrogens with zero attached hydrogens (tertiary/aromatic N) is 1. The lowest BCUT2D eigenvalue weighted by Crippen LogP contribution is -2.25. The van der Waals surface area contributed by atoms with Crippen molar-refractivity contribution in [3.05, 3.63) is 85.8 Å². The van der Waals surface area contributed by atoms with Crippen molar-refractivity contribution in [2.45, 2.75) is 32.2 Å². The Morgan fingerprint density at radius 1 is 1.11 bits per heavy atom. The number of nitro groups is 1. The largest absolute Gasteiger partial charge is 0.462 e. The third-order valence-electron chi connectivity index (χ3n) is 5.03. The monoisotopic (exact) mass is 517 g/mol. The van der Waals surface area contributed by atoms with E-state index in [-0.39, 0.29) is 44.6 Å². The molecule has 0 saturated heterocycles. The molecule has 0 aliphatic rings. The fourth-order valence-corrected chi connectivity index (χ4v) is 5.95. The van der Waals surface area contributed by atoms with Gasteiger partial charge in [-0.2, -0.15) is 0 Å². The summed E-state index contributed by atoms with van der Waals surface area (Å²) in [6.07, 6.45) is 0. The van der Waals surface area contributed by atoms with E-state index in [1.807, 2.05) is 30.3 Å². The van der Waals surface area contributed by atoms with Gasteiger partial charge in [0.05, 0.1) is 22.0 Å². The first-order valence-corrected chi connectivity index (χ1v) is 12.8. The van der Waals surface area contributed by atoms with Crippen molar-refractivity contribution < 1.29 is 27.7 Å². The molecule has 0 fully saturated rings. The maximum absolute atomic E-state index is 13.2. The number of non-ortho nitro benzene ring substituents is 1. The number of aryl methyl sites for hydroxylation is 1. The first-order chi connectivity index (χ1) is 16.5. The van der Waals surface area contributed by atoms with E-state index < -0.39 is 32.5 Å². The van der Waals surface area contributed by atoms with Gasteiger partial charge in [0.1, 0.15) is 9.88 Å². The number of hydrogen-bond acceptors (Lipinski definition) is 8. The van der Waals surface area contributed by atoms with Gasteiger partial charge in [-0.3, -0.25) is 19.6 Å². The van der Waals surface area contributed by atoms with Crippen LogP contribution in [0.25, 0.3) is 0 Å². The molecule has 1 amide bonds. The van der Waals surface area contributed by atoms with E-state index in [4.69, 9.17) is 4.74 Å². The smallest absolute Gasteiger partial charge is 0.348 e. The third kappa shape index (κ3) is 5.84. The number of thiophene rings is 1. The summed E-state index contributed by atoms with van der Waals surface area (Å²) in [5.74, 6) is -1.28. The second-order valence-electron chi connectivity index (χ2n) is 7.46. The molecule has 12 heteroatoms. The topological polar surface area (TPSA) is 145 Å². The number of nitrogens with one attached hydrogen (secondary N) is 2. The first kappa shape index (κ1) is 25.8. The van der Waals surface area contributed by atoms with Crippen LogP contribution < -0.4 is 10.0 Å². The van der Waals surface area contributed by atoms with Gasteiger partial charge in [-0.1, -0.05) is 36.4 Å². The van der Waals surface area contributed by atoms with Crippen molar-refractivity contribution in [3.8, 4) is 0 Å². The van der Waals surface area contributed by atoms with E-state index in [0.29, 0.717) is 0 Å². The number of nitro benzene ring substituents is 1. The van der Waals surface area contributed by atoms with Gasteiger partial charge in [0.25, 0.3) is 21.6 Å². The summed E-state index contributed by atoms with van der Waals surface area (Å²) in [7, 11) is -4.34. The van der Waals surface area contributed by atoms with Crippen LogP contribution >= 0.6 is 11.3 Å². The van der Waals surface area contributed by atoms with E-state index in [9.17, 15) is 28.1 Å². The second-order valence-corrected chi connectivity index (χ2v) is 10.1. The zero-order valence-corrected chi connectivity index (χ0v) is 20.8. The van der Waals surface area contributed by atoms with Crippen molar-refractivity contribution in [3.63, 3.8) is 0 Å². The Bertz CT molecular complexity index is 1380. The molecule has 10 nitrogen and oxygen atoms in total. The first-order valence-electron chi connectivity index (χ1n) is 10.5. The lowest BCUT2D eigenvalue weighted by atomic mass is 10.1. The van der Waals surface area contributed by atoms with E-state index in [1.165, 1.54) is 26.0 Å². The zero-order valence-electron chi connectivity index (χ0n) is 19.2. The van der Waals surface area contributed by atoms with Crippen LogP contribution in [0.15, 0.2) is 53.4 Å². The normalized spacial score (nSPS) is 11.1. The molecule has 3 rings (SSSR count). The van der Waals surface area contributed by atoms with Gasteiger partial charge in [-0.05, 0) is 37.5 Å². The molecule has 0 radical (unpaired) electrons. The Kier molecular flexibility index (Phi) is 7.87. The molecule has 0 aliphatic carbocycles. The zero-order chi connectivity index (χ0) is 25.8. The molecule has 0 spiro atoms. The van der Waals surface area contributed by atoms with E-state index in [0.717, 1.165) is 23.0 Å². The van der Waals surface area contributed by atoms with Crippen LogP contribution in [0.2, 0.25) is 0 Å². The van der Waals surface area contributed by atoms with Gasteiger partial charge in [0, 0.05) is 18.7 Å². The highest BCUT2D eigenvalue weighted by Crippen LogP contribution is 2.36. The summed E-state index contributed by atoms with van der Waals surface area (Å²) in [6, 6.07) is 12.6. The summed E-state index contributed by atoms with van der Waals surface area (Å²) in [4.78, 5) is 35.8. The Hall–Kier alpha value is -3.77. The highest BCUT2D eigenvalue weighted by Gasteiger charge is 2.29. The molecule has 0 aliphatic heterocycles. The number of carbonyl (C=O) groups excluding carboxylic acids is 2. The molecule has 35 heavy (non-hydrogen) atoms. The van der Waals surface area contributed by atoms with Crippen molar-refractivity contribution in [1.82, 2.24) is 5.32 Å². The van der Waals surface area contributed by atoms with Crippen molar-refractivity contribution in [1.29, 1.82) is 0 Å². The molecular formula is C23H23N3O7S2. The number of amides is 1. The van der Waals surface area contributed by atoms with Crippen molar-refractivity contribution in [2.24, 2.45) is 0 Å². The summed E-state index contributed by atoms with van der Waals surface area (Å²) >= 11 is 0.763. The van der Waals surface area contributed by atoms with Gasteiger partial charge in [0.2, 0.25) is 0 Å².